The van der Waals surface area contributed by atoms with Crippen LogP contribution in [0.15, 0.2) is 12.3 Å². The summed E-state index contributed by atoms with van der Waals surface area (Å²) in [6, 6.07) is 2.46. The van der Waals surface area contributed by atoms with Gasteiger partial charge in [-0.15, -0.1) is 0 Å². The molecule has 116 valence electrons. The first-order valence-electron chi connectivity index (χ1n) is 7.72. The van der Waals surface area contributed by atoms with E-state index in [1.165, 1.54) is 5.69 Å². The number of hydrogen-bond donors (Lipinski definition) is 1. The normalized spacial score (nSPS) is 15.3. The molecule has 0 radical (unpaired) electrons. The molecular weight excluding hydrogens is 250 g/mol. The molecule has 0 saturated heterocycles. The Hall–Kier alpha value is -0.870. The van der Waals surface area contributed by atoms with Crippen molar-refractivity contribution in [3.8, 4) is 0 Å². The number of nitrogens with one attached hydrogen (secondary N) is 1. The highest BCUT2D eigenvalue weighted by molar-refractivity contribution is 5.01. The smallest absolute Gasteiger partial charge is 0.0776 e. The van der Waals surface area contributed by atoms with Crippen LogP contribution in [-0.2, 0) is 18.2 Å². The number of nitrogens with zero attached hydrogens (tertiary/aromatic N) is 2. The van der Waals surface area contributed by atoms with Crippen molar-refractivity contribution < 1.29 is 4.74 Å². The summed E-state index contributed by atoms with van der Waals surface area (Å²) in [5.41, 5.74) is 1.41. The fraction of sp³-hybridized carbons (Fsp3) is 0.812. The summed E-state index contributed by atoms with van der Waals surface area (Å²) in [6.45, 7) is 12.7. The molecule has 4 nitrogen and oxygen atoms in total. The van der Waals surface area contributed by atoms with Gasteiger partial charge in [0.25, 0.3) is 0 Å². The zero-order valence-corrected chi connectivity index (χ0v) is 13.9. The summed E-state index contributed by atoms with van der Waals surface area (Å²) < 4.78 is 7.99. The van der Waals surface area contributed by atoms with Crippen molar-refractivity contribution >= 4 is 0 Å². The third-order valence-corrected chi connectivity index (χ3v) is 3.67. The molecule has 1 aromatic heterocycles. The first-order chi connectivity index (χ1) is 9.40. The van der Waals surface area contributed by atoms with Gasteiger partial charge in [0.05, 0.1) is 6.10 Å². The van der Waals surface area contributed by atoms with E-state index >= 15 is 0 Å². The van der Waals surface area contributed by atoms with Crippen LogP contribution in [0.3, 0.4) is 0 Å². The third-order valence-electron chi connectivity index (χ3n) is 3.67. The van der Waals surface area contributed by atoms with Crippen LogP contribution in [0.25, 0.3) is 0 Å². The van der Waals surface area contributed by atoms with E-state index in [1.807, 2.05) is 17.9 Å². The molecule has 1 heterocycles. The second kappa shape index (κ2) is 7.79. The van der Waals surface area contributed by atoms with Gasteiger partial charge in [0.15, 0.2) is 0 Å². The molecule has 1 rings (SSSR count). The minimum Gasteiger partial charge on any atom is -0.376 e. The maximum Gasteiger partial charge on any atom is 0.0776 e. The molecule has 0 bridgehead atoms. The Bertz CT molecular complexity index is 381. The monoisotopic (exact) mass is 281 g/mol. The molecule has 0 aliphatic heterocycles. The first kappa shape index (κ1) is 17.2. The number of aryl methyl sites for hydroxylation is 2. The molecule has 20 heavy (non-hydrogen) atoms. The van der Waals surface area contributed by atoms with Crippen LogP contribution in [0, 0.1) is 5.41 Å². The zero-order chi connectivity index (χ0) is 15.2. The Morgan fingerprint density at radius 1 is 1.35 bits per heavy atom. The van der Waals surface area contributed by atoms with E-state index in [0.29, 0.717) is 6.04 Å². The molecule has 1 aromatic rings. The summed E-state index contributed by atoms with van der Waals surface area (Å²) in [5, 5.41) is 7.84. The van der Waals surface area contributed by atoms with Crippen molar-refractivity contribution in [3.63, 3.8) is 0 Å². The summed E-state index contributed by atoms with van der Waals surface area (Å²) in [6.07, 6.45) is 4.17. The van der Waals surface area contributed by atoms with Gasteiger partial charge in [-0.2, -0.15) is 5.10 Å². The van der Waals surface area contributed by atoms with Gasteiger partial charge in [-0.1, -0.05) is 27.7 Å². The lowest BCUT2D eigenvalue weighted by atomic mass is 9.82. The largest absolute Gasteiger partial charge is 0.376 e. The van der Waals surface area contributed by atoms with Crippen molar-refractivity contribution in [2.45, 2.75) is 59.6 Å². The molecule has 4 heteroatoms. The Morgan fingerprint density at radius 3 is 2.50 bits per heavy atom. The number of ether oxygens (including phenoxy) is 1. The predicted molar refractivity (Wildman–Crippen MR) is 83.9 cm³/mol. The second-order valence-electron chi connectivity index (χ2n) is 6.39. The second-order valence-corrected chi connectivity index (χ2v) is 6.39. The van der Waals surface area contributed by atoms with Gasteiger partial charge < -0.3 is 10.1 Å². The molecule has 0 amide bonds. The van der Waals surface area contributed by atoms with Crippen molar-refractivity contribution in [3.05, 3.63) is 18.0 Å². The zero-order valence-electron chi connectivity index (χ0n) is 13.9. The highest BCUT2D eigenvalue weighted by atomic mass is 16.5. The van der Waals surface area contributed by atoms with Gasteiger partial charge in [0.1, 0.15) is 0 Å². The van der Waals surface area contributed by atoms with Crippen LogP contribution in [0.4, 0.5) is 0 Å². The highest BCUT2D eigenvalue weighted by Crippen LogP contribution is 2.27. The van der Waals surface area contributed by atoms with Crippen molar-refractivity contribution in [2.75, 3.05) is 13.2 Å². The maximum absolute atomic E-state index is 6.04. The number of likely N-dealkylation sites (N-methyl/N-ethyl adjacent to an activating group) is 1. The first-order valence-corrected chi connectivity index (χ1v) is 7.72. The van der Waals surface area contributed by atoms with E-state index < -0.39 is 0 Å². The van der Waals surface area contributed by atoms with Crippen molar-refractivity contribution in [2.24, 2.45) is 12.5 Å². The van der Waals surface area contributed by atoms with Gasteiger partial charge in [-0.05, 0) is 37.8 Å². The Kier molecular flexibility index (Phi) is 6.69. The quantitative estimate of drug-likeness (QED) is 0.796. The van der Waals surface area contributed by atoms with Gasteiger partial charge in [-0.25, -0.2) is 0 Å². The van der Waals surface area contributed by atoms with E-state index in [0.717, 1.165) is 26.0 Å². The number of rotatable bonds is 8. The molecule has 0 aliphatic rings. The Labute approximate surface area is 123 Å². The summed E-state index contributed by atoms with van der Waals surface area (Å²) >= 11 is 0. The standard InChI is InChI=1S/C16H31N3O/c1-7-17-14(15(20-8-2)16(3,4)5)10-9-13-11-12-18-19(13)6/h11-12,14-15,17H,7-10H2,1-6H3. The molecule has 0 spiro atoms. The summed E-state index contributed by atoms with van der Waals surface area (Å²) in [5.74, 6) is 0. The van der Waals surface area contributed by atoms with Crippen LogP contribution in [0.1, 0.15) is 46.7 Å². The van der Waals surface area contributed by atoms with Crippen LogP contribution in [-0.4, -0.2) is 35.1 Å². The average molecular weight is 281 g/mol. The molecule has 0 saturated carbocycles. The molecule has 0 aliphatic carbocycles. The van der Waals surface area contributed by atoms with E-state index in [-0.39, 0.29) is 11.5 Å². The third kappa shape index (κ3) is 4.91. The van der Waals surface area contributed by atoms with Gasteiger partial charge >= 0.3 is 0 Å². The van der Waals surface area contributed by atoms with Crippen molar-refractivity contribution in [1.29, 1.82) is 0 Å². The summed E-state index contributed by atoms with van der Waals surface area (Å²) in [7, 11) is 2.00. The van der Waals surface area contributed by atoms with Crippen LogP contribution in [0.5, 0.6) is 0 Å². The van der Waals surface area contributed by atoms with E-state index in [1.54, 1.807) is 0 Å². The molecule has 1 N–H and O–H groups in total. The fourth-order valence-electron chi connectivity index (χ4n) is 2.72. The van der Waals surface area contributed by atoms with Crippen LogP contribution < -0.4 is 5.32 Å². The molecule has 2 atom stereocenters. The van der Waals surface area contributed by atoms with E-state index in [4.69, 9.17) is 4.74 Å². The highest BCUT2D eigenvalue weighted by Gasteiger charge is 2.32. The lowest BCUT2D eigenvalue weighted by molar-refractivity contribution is -0.0370. The number of hydrogen-bond acceptors (Lipinski definition) is 3. The lowest BCUT2D eigenvalue weighted by Gasteiger charge is -2.37. The number of aromatic nitrogens is 2. The maximum atomic E-state index is 6.04. The fourth-order valence-corrected chi connectivity index (χ4v) is 2.72. The van der Waals surface area contributed by atoms with Crippen LogP contribution >= 0.6 is 0 Å². The minimum absolute atomic E-state index is 0.134. The van der Waals surface area contributed by atoms with E-state index in [2.05, 4.69) is 51.1 Å². The van der Waals surface area contributed by atoms with Gasteiger partial charge in [-0.3, -0.25) is 4.68 Å². The van der Waals surface area contributed by atoms with Gasteiger partial charge in [0.2, 0.25) is 0 Å². The lowest BCUT2D eigenvalue weighted by Crippen LogP contribution is -2.48. The Balaban J connectivity index is 2.73. The predicted octanol–water partition coefficient (Wildman–Crippen LogP) is 2.78. The summed E-state index contributed by atoms with van der Waals surface area (Å²) in [4.78, 5) is 0. The van der Waals surface area contributed by atoms with Crippen molar-refractivity contribution in [1.82, 2.24) is 15.1 Å². The SMILES string of the molecule is CCNC(CCc1ccnn1C)C(OCC)C(C)(C)C. The van der Waals surface area contributed by atoms with Crippen LogP contribution in [0.2, 0.25) is 0 Å². The Morgan fingerprint density at radius 2 is 2.05 bits per heavy atom. The minimum atomic E-state index is 0.134. The molecule has 2 unspecified atom stereocenters. The topological polar surface area (TPSA) is 39.1 Å². The molecule has 0 aromatic carbocycles. The molecule has 0 fully saturated rings. The average Bonchev–Trinajstić information content (AvgIpc) is 2.76. The van der Waals surface area contributed by atoms with E-state index in [9.17, 15) is 0 Å². The molecular formula is C16H31N3O. The van der Waals surface area contributed by atoms with Gasteiger partial charge in [0, 0.05) is 31.6 Å².